The predicted molar refractivity (Wildman–Crippen MR) is 82.9 cm³/mol. The van der Waals surface area contributed by atoms with E-state index in [4.69, 9.17) is 21.1 Å². The van der Waals surface area contributed by atoms with Crippen molar-refractivity contribution in [1.82, 2.24) is 0 Å². The minimum absolute atomic E-state index is 0.196. The highest BCUT2D eigenvalue weighted by Crippen LogP contribution is 2.28. The normalized spacial score (nSPS) is 16.0. The fourth-order valence-corrected chi connectivity index (χ4v) is 2.70. The standard InChI is InChI=1S/C15H10ClNO3S/c1-19-13-5-4-9(16)7-11(13)14-17-12(15(18)20-14)8-10-3-2-6-21-10/h2-8H,1H3/b12-8+. The van der Waals surface area contributed by atoms with E-state index in [0.717, 1.165) is 4.88 Å². The molecule has 0 spiro atoms. The average Bonchev–Trinajstić information content (AvgIpc) is 3.10. The van der Waals surface area contributed by atoms with Crippen LogP contribution in [0.15, 0.2) is 46.4 Å². The number of carbonyl (C=O) groups is 1. The molecule has 3 rings (SSSR count). The molecule has 0 bridgehead atoms. The summed E-state index contributed by atoms with van der Waals surface area (Å²) in [5.41, 5.74) is 0.808. The van der Waals surface area contributed by atoms with Gasteiger partial charge in [-0.2, -0.15) is 0 Å². The van der Waals surface area contributed by atoms with Crippen molar-refractivity contribution in [3.8, 4) is 5.75 Å². The van der Waals surface area contributed by atoms with Gasteiger partial charge in [-0.25, -0.2) is 9.79 Å². The van der Waals surface area contributed by atoms with Crippen LogP contribution in [0.25, 0.3) is 6.08 Å². The van der Waals surface area contributed by atoms with E-state index in [9.17, 15) is 4.79 Å². The molecule has 0 unspecified atom stereocenters. The molecule has 6 heteroatoms. The van der Waals surface area contributed by atoms with Gasteiger partial charge in [0.2, 0.25) is 5.90 Å². The van der Waals surface area contributed by atoms with Crippen molar-refractivity contribution < 1.29 is 14.3 Å². The Morgan fingerprint density at radius 2 is 2.24 bits per heavy atom. The van der Waals surface area contributed by atoms with Gasteiger partial charge in [0.25, 0.3) is 0 Å². The number of hydrogen-bond donors (Lipinski definition) is 0. The molecule has 0 amide bonds. The Morgan fingerprint density at radius 1 is 1.38 bits per heavy atom. The smallest absolute Gasteiger partial charge is 0.363 e. The number of halogens is 1. The lowest BCUT2D eigenvalue weighted by atomic mass is 10.2. The number of nitrogens with zero attached hydrogens (tertiary/aromatic N) is 1. The topological polar surface area (TPSA) is 47.9 Å². The van der Waals surface area contributed by atoms with Gasteiger partial charge >= 0.3 is 5.97 Å². The summed E-state index contributed by atoms with van der Waals surface area (Å²) in [6.07, 6.45) is 1.69. The molecule has 0 atom stereocenters. The summed E-state index contributed by atoms with van der Waals surface area (Å²) in [5, 5.41) is 2.44. The lowest BCUT2D eigenvalue weighted by Crippen LogP contribution is -2.07. The van der Waals surface area contributed by atoms with Gasteiger partial charge in [-0.3, -0.25) is 0 Å². The Balaban J connectivity index is 2.01. The number of ether oxygens (including phenoxy) is 2. The van der Waals surface area contributed by atoms with E-state index in [1.807, 2.05) is 17.5 Å². The maximum Gasteiger partial charge on any atom is 0.363 e. The van der Waals surface area contributed by atoms with E-state index in [1.54, 1.807) is 24.3 Å². The third-order valence-corrected chi connectivity index (χ3v) is 3.89. The summed E-state index contributed by atoms with van der Waals surface area (Å²) >= 11 is 7.50. The van der Waals surface area contributed by atoms with Crippen molar-refractivity contribution >= 4 is 40.9 Å². The van der Waals surface area contributed by atoms with Crippen LogP contribution in [0.1, 0.15) is 10.4 Å². The van der Waals surface area contributed by atoms with E-state index in [2.05, 4.69) is 4.99 Å². The molecule has 0 saturated heterocycles. The third-order valence-electron chi connectivity index (χ3n) is 2.83. The van der Waals surface area contributed by atoms with Crippen molar-refractivity contribution in [2.24, 2.45) is 4.99 Å². The van der Waals surface area contributed by atoms with Crippen molar-refractivity contribution in [2.45, 2.75) is 0 Å². The Morgan fingerprint density at radius 3 is 2.95 bits per heavy atom. The zero-order chi connectivity index (χ0) is 14.8. The Bertz CT molecular complexity index is 750. The summed E-state index contributed by atoms with van der Waals surface area (Å²) in [7, 11) is 1.53. The molecular weight excluding hydrogens is 310 g/mol. The molecule has 1 aliphatic rings. The van der Waals surface area contributed by atoms with Gasteiger partial charge in [-0.15, -0.1) is 11.3 Å². The van der Waals surface area contributed by atoms with Gasteiger partial charge in [0.05, 0.1) is 12.7 Å². The quantitative estimate of drug-likeness (QED) is 0.639. The zero-order valence-electron chi connectivity index (χ0n) is 11.0. The van der Waals surface area contributed by atoms with Crippen LogP contribution in [-0.4, -0.2) is 19.0 Å². The van der Waals surface area contributed by atoms with Crippen LogP contribution in [-0.2, 0) is 9.53 Å². The number of benzene rings is 1. The van der Waals surface area contributed by atoms with Crippen molar-refractivity contribution in [3.05, 3.63) is 56.9 Å². The minimum atomic E-state index is -0.486. The summed E-state index contributed by atoms with van der Waals surface area (Å²) in [4.78, 5) is 17.1. The molecule has 1 aromatic heterocycles. The van der Waals surface area contributed by atoms with Gasteiger partial charge in [-0.1, -0.05) is 17.7 Å². The second-order valence-corrected chi connectivity index (χ2v) is 5.61. The number of thiophene rings is 1. The second-order valence-electron chi connectivity index (χ2n) is 4.20. The summed E-state index contributed by atoms with van der Waals surface area (Å²) in [6.45, 7) is 0. The van der Waals surface area contributed by atoms with E-state index < -0.39 is 5.97 Å². The number of cyclic esters (lactones) is 1. The Labute approximate surface area is 130 Å². The molecule has 21 heavy (non-hydrogen) atoms. The van der Waals surface area contributed by atoms with Crippen molar-refractivity contribution in [3.63, 3.8) is 0 Å². The fraction of sp³-hybridized carbons (Fsp3) is 0.0667. The van der Waals surface area contributed by atoms with E-state index in [1.165, 1.54) is 18.4 Å². The maximum atomic E-state index is 11.9. The Hall–Kier alpha value is -2.11. The first-order valence-electron chi connectivity index (χ1n) is 6.07. The Kier molecular flexibility index (Phi) is 3.77. The molecule has 0 N–H and O–H groups in total. The van der Waals surface area contributed by atoms with E-state index in [-0.39, 0.29) is 11.6 Å². The number of rotatable bonds is 3. The number of hydrogen-bond acceptors (Lipinski definition) is 5. The highest BCUT2D eigenvalue weighted by Gasteiger charge is 2.26. The maximum absolute atomic E-state index is 11.9. The van der Waals surface area contributed by atoms with Crippen LogP contribution < -0.4 is 4.74 Å². The SMILES string of the molecule is COc1ccc(Cl)cc1C1=N/C(=C/c2cccs2)C(=O)O1. The molecule has 0 radical (unpaired) electrons. The van der Waals surface area contributed by atoms with Gasteiger partial charge < -0.3 is 9.47 Å². The van der Waals surface area contributed by atoms with Crippen LogP contribution >= 0.6 is 22.9 Å². The van der Waals surface area contributed by atoms with Gasteiger partial charge in [0.1, 0.15) is 5.75 Å². The fourth-order valence-electron chi connectivity index (χ4n) is 1.88. The second kappa shape index (κ2) is 5.71. The van der Waals surface area contributed by atoms with Crippen LogP contribution in [0, 0.1) is 0 Å². The molecule has 106 valence electrons. The van der Waals surface area contributed by atoms with Crippen molar-refractivity contribution in [1.29, 1.82) is 0 Å². The highest BCUT2D eigenvalue weighted by molar-refractivity contribution is 7.10. The summed E-state index contributed by atoms with van der Waals surface area (Å²) in [6, 6.07) is 8.86. The average molecular weight is 320 g/mol. The summed E-state index contributed by atoms with van der Waals surface area (Å²) in [5.74, 6) is 0.255. The number of aliphatic imine (C=N–C) groups is 1. The molecule has 2 heterocycles. The summed E-state index contributed by atoms with van der Waals surface area (Å²) < 4.78 is 10.5. The molecule has 0 aliphatic carbocycles. The first-order chi connectivity index (χ1) is 10.2. The van der Waals surface area contributed by atoms with Crippen LogP contribution in [0.5, 0.6) is 5.75 Å². The molecular formula is C15H10ClNO3S. The molecule has 0 saturated carbocycles. The molecule has 4 nitrogen and oxygen atoms in total. The highest BCUT2D eigenvalue weighted by atomic mass is 35.5. The van der Waals surface area contributed by atoms with Gasteiger partial charge in [0.15, 0.2) is 5.70 Å². The largest absolute Gasteiger partial charge is 0.496 e. The number of methoxy groups -OCH3 is 1. The molecule has 1 aliphatic heterocycles. The monoisotopic (exact) mass is 319 g/mol. The third kappa shape index (κ3) is 2.84. The lowest BCUT2D eigenvalue weighted by Gasteiger charge is -2.07. The van der Waals surface area contributed by atoms with E-state index >= 15 is 0 Å². The first kappa shape index (κ1) is 13.9. The molecule has 1 aromatic carbocycles. The lowest BCUT2D eigenvalue weighted by molar-refractivity contribution is -0.129. The van der Waals surface area contributed by atoms with Gasteiger partial charge in [0, 0.05) is 9.90 Å². The number of esters is 1. The van der Waals surface area contributed by atoms with Crippen LogP contribution in [0.3, 0.4) is 0 Å². The van der Waals surface area contributed by atoms with E-state index in [0.29, 0.717) is 16.3 Å². The van der Waals surface area contributed by atoms with Crippen LogP contribution in [0.4, 0.5) is 0 Å². The van der Waals surface area contributed by atoms with Crippen molar-refractivity contribution in [2.75, 3.05) is 7.11 Å². The first-order valence-corrected chi connectivity index (χ1v) is 7.33. The number of carbonyl (C=O) groups excluding carboxylic acids is 1. The molecule has 2 aromatic rings. The zero-order valence-corrected chi connectivity index (χ0v) is 12.6. The predicted octanol–water partition coefficient (Wildman–Crippen LogP) is 3.75. The van der Waals surface area contributed by atoms with Crippen LogP contribution in [0.2, 0.25) is 5.02 Å². The van der Waals surface area contributed by atoms with Gasteiger partial charge in [-0.05, 0) is 35.7 Å². The minimum Gasteiger partial charge on any atom is -0.496 e. The molecule has 0 fully saturated rings.